The Morgan fingerprint density at radius 2 is 2.03 bits per heavy atom. The number of carbonyl (C=O) groups excluding carboxylic acids is 2. The first-order chi connectivity index (χ1) is 14.4. The first-order valence-electron chi connectivity index (χ1n) is 9.68. The molecule has 2 amide bonds. The molecule has 3 aromatic rings. The minimum atomic E-state index is -0.976. The molecule has 2 aromatic heterocycles. The number of fused-ring (bicyclic) bond motifs is 2. The largest absolute Gasteiger partial charge is 0.336 e. The van der Waals surface area contributed by atoms with Gasteiger partial charge in [0.2, 0.25) is 5.91 Å². The molecule has 0 saturated carbocycles. The molecule has 9 heteroatoms. The van der Waals surface area contributed by atoms with Crippen molar-refractivity contribution in [2.24, 2.45) is 7.05 Å². The molecule has 0 radical (unpaired) electrons. The molecule has 1 aromatic carbocycles. The highest BCUT2D eigenvalue weighted by Gasteiger charge is 2.60. The average molecular weight is 404 g/mol. The maximum absolute atomic E-state index is 13.5. The highest BCUT2D eigenvalue weighted by molar-refractivity contribution is 6.08. The third-order valence-corrected chi connectivity index (χ3v) is 6.11. The predicted octanol–water partition coefficient (Wildman–Crippen LogP) is 1.29. The number of aryl methyl sites for hydroxylation is 2. The number of imidazole rings is 1. The standard InChI is InChI=1S/C21H20N6O3/c1-12-23-11-13(18(28)24-12)19(29)27-9-7-21(16(27)17-22-8-10-26(17)2)14-5-3-4-6-15(14)25-20(21)30/h3-6,8,10-11,16H,7,9H2,1-2H3,(H,25,30)(H,23,24,28)/t16-,21+/m0/s1. The molecule has 2 N–H and O–H groups in total. The van der Waals surface area contributed by atoms with Crippen molar-refractivity contribution in [1.82, 2.24) is 24.4 Å². The van der Waals surface area contributed by atoms with Crippen LogP contribution in [0.3, 0.4) is 0 Å². The van der Waals surface area contributed by atoms with Gasteiger partial charge in [-0.25, -0.2) is 9.97 Å². The van der Waals surface area contributed by atoms with Gasteiger partial charge in [0, 0.05) is 37.9 Å². The number of carbonyl (C=O) groups is 2. The van der Waals surface area contributed by atoms with Gasteiger partial charge in [-0.15, -0.1) is 0 Å². The third-order valence-electron chi connectivity index (χ3n) is 6.11. The number of amides is 2. The van der Waals surface area contributed by atoms with E-state index in [0.717, 1.165) is 11.3 Å². The van der Waals surface area contributed by atoms with Crippen LogP contribution < -0.4 is 10.9 Å². The lowest BCUT2D eigenvalue weighted by Gasteiger charge is -2.33. The van der Waals surface area contributed by atoms with E-state index < -0.39 is 22.9 Å². The Bertz CT molecular complexity index is 1250. The minimum Gasteiger partial charge on any atom is -0.336 e. The fraction of sp³-hybridized carbons (Fsp3) is 0.286. The molecular formula is C21H20N6O3. The minimum absolute atomic E-state index is 0.0523. The Kier molecular flexibility index (Phi) is 3.89. The Labute approximate surface area is 171 Å². The van der Waals surface area contributed by atoms with Gasteiger partial charge in [0.25, 0.3) is 11.5 Å². The monoisotopic (exact) mass is 404 g/mol. The van der Waals surface area contributed by atoms with E-state index in [2.05, 4.69) is 20.3 Å². The summed E-state index contributed by atoms with van der Waals surface area (Å²) in [4.78, 5) is 51.9. The zero-order chi connectivity index (χ0) is 21.0. The number of hydrogen-bond donors (Lipinski definition) is 2. The Balaban J connectivity index is 1.69. The predicted molar refractivity (Wildman–Crippen MR) is 108 cm³/mol. The number of benzene rings is 1. The first kappa shape index (κ1) is 18.3. The smallest absolute Gasteiger partial charge is 0.263 e. The quantitative estimate of drug-likeness (QED) is 0.668. The van der Waals surface area contributed by atoms with Crippen molar-refractivity contribution in [2.45, 2.75) is 24.8 Å². The average Bonchev–Trinajstić information content (AvgIpc) is 3.39. The van der Waals surface area contributed by atoms with E-state index in [1.165, 1.54) is 6.20 Å². The van der Waals surface area contributed by atoms with E-state index in [0.29, 0.717) is 24.6 Å². The van der Waals surface area contributed by atoms with E-state index >= 15 is 0 Å². The van der Waals surface area contributed by atoms with E-state index in [1.807, 2.05) is 35.9 Å². The van der Waals surface area contributed by atoms with Crippen molar-refractivity contribution in [3.8, 4) is 0 Å². The molecular weight excluding hydrogens is 384 g/mol. The molecule has 1 fully saturated rings. The van der Waals surface area contributed by atoms with Crippen LogP contribution in [0.15, 0.2) is 47.7 Å². The summed E-state index contributed by atoms with van der Waals surface area (Å²) in [6.45, 7) is 1.96. The number of para-hydroxylation sites is 1. The third kappa shape index (κ3) is 2.38. The van der Waals surface area contributed by atoms with Crippen LogP contribution in [0.4, 0.5) is 5.69 Å². The van der Waals surface area contributed by atoms with Crippen molar-refractivity contribution in [2.75, 3.05) is 11.9 Å². The van der Waals surface area contributed by atoms with Crippen molar-refractivity contribution in [1.29, 1.82) is 0 Å². The van der Waals surface area contributed by atoms with Crippen LogP contribution in [0.1, 0.15) is 40.0 Å². The highest BCUT2D eigenvalue weighted by Crippen LogP contribution is 2.54. The van der Waals surface area contributed by atoms with Crippen LogP contribution in [0.25, 0.3) is 0 Å². The lowest BCUT2D eigenvalue weighted by atomic mass is 9.74. The number of anilines is 1. The molecule has 1 saturated heterocycles. The molecule has 30 heavy (non-hydrogen) atoms. The van der Waals surface area contributed by atoms with E-state index in [9.17, 15) is 14.4 Å². The van der Waals surface area contributed by atoms with E-state index in [-0.39, 0.29) is 11.5 Å². The summed E-state index contributed by atoms with van der Waals surface area (Å²) in [6, 6.07) is 6.86. The van der Waals surface area contributed by atoms with Gasteiger partial charge in [-0.1, -0.05) is 18.2 Å². The first-order valence-corrected chi connectivity index (χ1v) is 9.68. The van der Waals surface area contributed by atoms with Gasteiger partial charge in [0.1, 0.15) is 28.7 Å². The van der Waals surface area contributed by atoms with Crippen LogP contribution >= 0.6 is 0 Å². The molecule has 9 nitrogen and oxygen atoms in total. The Morgan fingerprint density at radius 1 is 1.23 bits per heavy atom. The molecule has 1 spiro atoms. The summed E-state index contributed by atoms with van der Waals surface area (Å²) in [5.74, 6) is 0.386. The lowest BCUT2D eigenvalue weighted by Crippen LogP contribution is -2.44. The molecule has 4 heterocycles. The van der Waals surface area contributed by atoms with Gasteiger partial charge in [-0.2, -0.15) is 0 Å². The Hall–Kier alpha value is -3.75. The number of nitrogens with one attached hydrogen (secondary N) is 2. The molecule has 2 aliphatic rings. The second-order valence-corrected chi connectivity index (χ2v) is 7.73. The zero-order valence-electron chi connectivity index (χ0n) is 16.5. The number of aromatic amines is 1. The van der Waals surface area contributed by atoms with Gasteiger partial charge in [0.15, 0.2) is 0 Å². The second-order valence-electron chi connectivity index (χ2n) is 7.73. The normalized spacial score (nSPS) is 22.4. The van der Waals surface area contributed by atoms with Crippen molar-refractivity contribution in [3.05, 3.63) is 76.0 Å². The number of hydrogen-bond acceptors (Lipinski definition) is 5. The maximum atomic E-state index is 13.5. The van der Waals surface area contributed by atoms with Gasteiger partial charge in [-0.05, 0) is 25.0 Å². The molecule has 2 aliphatic heterocycles. The summed E-state index contributed by atoms with van der Waals surface area (Å²) < 4.78 is 1.81. The van der Waals surface area contributed by atoms with Crippen LogP contribution in [-0.2, 0) is 17.3 Å². The Morgan fingerprint density at radius 3 is 2.77 bits per heavy atom. The number of aromatic nitrogens is 4. The van der Waals surface area contributed by atoms with Gasteiger partial charge in [-0.3, -0.25) is 14.4 Å². The molecule has 0 bridgehead atoms. The topological polar surface area (TPSA) is 113 Å². The second kappa shape index (κ2) is 6.38. The number of H-pyrrole nitrogens is 1. The number of likely N-dealkylation sites (tertiary alicyclic amines) is 1. The molecule has 152 valence electrons. The van der Waals surface area contributed by atoms with Crippen LogP contribution in [0.2, 0.25) is 0 Å². The van der Waals surface area contributed by atoms with Gasteiger partial charge in [0.05, 0.1) is 0 Å². The summed E-state index contributed by atoms with van der Waals surface area (Å²) in [7, 11) is 1.83. The van der Waals surface area contributed by atoms with Crippen molar-refractivity contribution < 1.29 is 9.59 Å². The van der Waals surface area contributed by atoms with Gasteiger partial charge >= 0.3 is 0 Å². The molecule has 5 rings (SSSR count). The number of nitrogens with zero attached hydrogens (tertiary/aromatic N) is 4. The molecule has 0 aliphatic carbocycles. The maximum Gasteiger partial charge on any atom is 0.263 e. The number of rotatable bonds is 2. The highest BCUT2D eigenvalue weighted by atomic mass is 16.2. The lowest BCUT2D eigenvalue weighted by molar-refractivity contribution is -0.121. The summed E-state index contributed by atoms with van der Waals surface area (Å²) in [5.41, 5.74) is 0.0583. The molecule has 2 atom stereocenters. The fourth-order valence-electron chi connectivity index (χ4n) is 4.70. The molecule has 0 unspecified atom stereocenters. The summed E-state index contributed by atoms with van der Waals surface area (Å²) >= 11 is 0. The van der Waals surface area contributed by atoms with Crippen molar-refractivity contribution in [3.63, 3.8) is 0 Å². The fourth-order valence-corrected chi connectivity index (χ4v) is 4.70. The van der Waals surface area contributed by atoms with E-state index in [1.54, 1.807) is 24.2 Å². The van der Waals surface area contributed by atoms with Crippen LogP contribution in [0.5, 0.6) is 0 Å². The summed E-state index contributed by atoms with van der Waals surface area (Å²) in [6.07, 6.45) is 5.14. The zero-order valence-corrected chi connectivity index (χ0v) is 16.5. The van der Waals surface area contributed by atoms with Crippen LogP contribution in [0, 0.1) is 6.92 Å². The van der Waals surface area contributed by atoms with Crippen molar-refractivity contribution >= 4 is 17.5 Å². The van der Waals surface area contributed by atoms with E-state index in [4.69, 9.17) is 0 Å². The van der Waals surface area contributed by atoms with Crippen LogP contribution in [-0.4, -0.2) is 42.8 Å². The summed E-state index contributed by atoms with van der Waals surface area (Å²) in [5, 5.41) is 2.97. The van der Waals surface area contributed by atoms with Gasteiger partial charge < -0.3 is 19.8 Å². The SMILES string of the molecule is Cc1ncc(C(=O)N2CC[C@]3(C(=O)Nc4ccccc43)[C@@H]2c2nccn2C)c(=O)[nH]1.